The number of anilines is 2. The molecule has 2 aromatic heterocycles. The first-order chi connectivity index (χ1) is 18.4. The lowest BCUT2D eigenvalue weighted by atomic mass is 10.2. The molecule has 0 aliphatic carbocycles. The summed E-state index contributed by atoms with van der Waals surface area (Å²) in [7, 11) is 0. The summed E-state index contributed by atoms with van der Waals surface area (Å²) in [6.45, 7) is 11.0. The van der Waals surface area contributed by atoms with Gasteiger partial charge in [0.05, 0.1) is 24.9 Å². The van der Waals surface area contributed by atoms with Gasteiger partial charge in [0.25, 0.3) is 6.47 Å². The largest absolute Gasteiger partial charge is 0.492 e. The number of morpholine rings is 1. The number of ether oxygens (including phenoxy) is 3. The van der Waals surface area contributed by atoms with E-state index in [1.54, 1.807) is 12.4 Å². The highest BCUT2D eigenvalue weighted by molar-refractivity contribution is 5.82. The summed E-state index contributed by atoms with van der Waals surface area (Å²) in [5.74, 6) is 2.19. The maximum absolute atomic E-state index is 9.60. The summed E-state index contributed by atoms with van der Waals surface area (Å²) < 4.78 is 15.9. The fourth-order valence-electron chi connectivity index (χ4n) is 3.72. The van der Waals surface area contributed by atoms with Crippen LogP contribution in [0.4, 0.5) is 11.5 Å². The van der Waals surface area contributed by atoms with E-state index >= 15 is 0 Å². The van der Waals surface area contributed by atoms with E-state index in [-0.39, 0.29) is 5.60 Å². The molecule has 2 N–H and O–H groups in total. The molecule has 1 fully saturated rings. The second-order valence-electron chi connectivity index (χ2n) is 9.72. The Balaban J connectivity index is 0.000000426. The summed E-state index contributed by atoms with van der Waals surface area (Å²) >= 11 is 0. The molecule has 1 aliphatic rings. The first-order valence-corrected chi connectivity index (χ1v) is 12.6. The number of aromatic amines is 1. The van der Waals surface area contributed by atoms with E-state index in [4.69, 9.17) is 9.47 Å². The Bertz CT molecular complexity index is 1310. The van der Waals surface area contributed by atoms with Crippen molar-refractivity contribution in [1.29, 1.82) is 0 Å². The molecule has 3 heterocycles. The van der Waals surface area contributed by atoms with Crippen LogP contribution in [0.5, 0.6) is 5.75 Å². The summed E-state index contributed by atoms with van der Waals surface area (Å²) in [6.07, 6.45) is 3.56. The topological polar surface area (TPSA) is 114 Å². The first-order valence-electron chi connectivity index (χ1n) is 12.6. The van der Waals surface area contributed by atoms with E-state index in [0.717, 1.165) is 66.6 Å². The van der Waals surface area contributed by atoms with Crippen LogP contribution in [-0.2, 0) is 14.3 Å². The summed E-state index contributed by atoms with van der Waals surface area (Å²) in [4.78, 5) is 21.1. The van der Waals surface area contributed by atoms with Crippen molar-refractivity contribution in [2.24, 2.45) is 0 Å². The van der Waals surface area contributed by atoms with Crippen LogP contribution in [0.15, 0.2) is 60.9 Å². The molecule has 5 rings (SSSR count). The van der Waals surface area contributed by atoms with Gasteiger partial charge >= 0.3 is 0 Å². The zero-order chi connectivity index (χ0) is 26.8. The Hall–Kier alpha value is -4.02. The Kier molecular flexibility index (Phi) is 9.23. The maximum atomic E-state index is 9.60. The van der Waals surface area contributed by atoms with Crippen molar-refractivity contribution in [3.63, 3.8) is 0 Å². The predicted octanol–water partition coefficient (Wildman–Crippen LogP) is 4.43. The Morgan fingerprint density at radius 2 is 1.97 bits per heavy atom. The van der Waals surface area contributed by atoms with Gasteiger partial charge < -0.3 is 19.5 Å². The number of carbonyl (C=O) groups is 1. The second-order valence-corrected chi connectivity index (χ2v) is 9.72. The number of hydrogen-bond donors (Lipinski definition) is 2. The van der Waals surface area contributed by atoms with E-state index in [9.17, 15) is 4.79 Å². The minimum atomic E-state index is -0.318. The van der Waals surface area contributed by atoms with Gasteiger partial charge in [-0.05, 0) is 57.2 Å². The van der Waals surface area contributed by atoms with Gasteiger partial charge in [-0.2, -0.15) is 5.10 Å². The molecule has 0 amide bonds. The highest BCUT2D eigenvalue weighted by Gasteiger charge is 2.11. The molecule has 1 saturated heterocycles. The van der Waals surface area contributed by atoms with Crippen molar-refractivity contribution in [1.82, 2.24) is 25.1 Å². The molecule has 2 aromatic carbocycles. The van der Waals surface area contributed by atoms with Crippen LogP contribution in [0.1, 0.15) is 20.8 Å². The molecule has 0 unspecified atom stereocenters. The molecule has 10 nitrogen and oxygen atoms in total. The average molecular weight is 519 g/mol. The number of rotatable bonds is 8. The molecule has 200 valence electrons. The van der Waals surface area contributed by atoms with Crippen LogP contribution >= 0.6 is 0 Å². The normalized spacial score (nSPS) is 13.9. The Morgan fingerprint density at radius 3 is 2.74 bits per heavy atom. The lowest BCUT2D eigenvalue weighted by Crippen LogP contribution is -2.38. The van der Waals surface area contributed by atoms with Crippen LogP contribution in [0.25, 0.3) is 22.3 Å². The summed E-state index contributed by atoms with van der Waals surface area (Å²) in [6, 6.07) is 15.8. The molecule has 38 heavy (non-hydrogen) atoms. The van der Waals surface area contributed by atoms with E-state index < -0.39 is 0 Å². The molecule has 0 radical (unpaired) electrons. The molecule has 0 saturated carbocycles. The number of fused-ring (bicyclic) bond motifs is 1. The minimum Gasteiger partial charge on any atom is -0.492 e. The lowest BCUT2D eigenvalue weighted by molar-refractivity contribution is -0.138. The highest BCUT2D eigenvalue weighted by atomic mass is 16.5. The first kappa shape index (κ1) is 27.0. The van der Waals surface area contributed by atoms with Gasteiger partial charge in [-0.3, -0.25) is 14.8 Å². The number of benzene rings is 2. The van der Waals surface area contributed by atoms with Gasteiger partial charge in [-0.15, -0.1) is 0 Å². The van der Waals surface area contributed by atoms with Gasteiger partial charge in [0.2, 0.25) is 0 Å². The van der Waals surface area contributed by atoms with E-state index in [2.05, 4.69) is 35.1 Å². The van der Waals surface area contributed by atoms with Crippen LogP contribution < -0.4 is 10.1 Å². The molecule has 0 atom stereocenters. The highest BCUT2D eigenvalue weighted by Crippen LogP contribution is 2.24. The number of aromatic nitrogens is 4. The SMILES string of the molecule is CC(C)(C)OC=O.c1cc(OCCN2CCOCC2)cc(-c2nccc(Nc3ccc4[nH]ncc4c3)n2)c1. The molecular weight excluding hydrogens is 484 g/mol. The average Bonchev–Trinajstić information content (AvgIpc) is 3.37. The van der Waals surface area contributed by atoms with E-state index in [0.29, 0.717) is 18.9 Å². The van der Waals surface area contributed by atoms with Crippen molar-refractivity contribution in [3.8, 4) is 17.1 Å². The monoisotopic (exact) mass is 518 g/mol. The fraction of sp³-hybridized carbons (Fsp3) is 0.357. The number of carbonyl (C=O) groups excluding carboxylic acids is 1. The number of nitrogens with one attached hydrogen (secondary N) is 2. The number of H-pyrrole nitrogens is 1. The molecular formula is C28H34N6O4. The maximum Gasteiger partial charge on any atom is 0.293 e. The number of nitrogens with zero attached hydrogens (tertiary/aromatic N) is 4. The van der Waals surface area contributed by atoms with Crippen molar-refractivity contribution >= 4 is 28.9 Å². The van der Waals surface area contributed by atoms with Gasteiger partial charge in [0.15, 0.2) is 5.82 Å². The fourth-order valence-corrected chi connectivity index (χ4v) is 3.72. The third kappa shape index (κ3) is 8.25. The third-order valence-electron chi connectivity index (χ3n) is 5.64. The van der Waals surface area contributed by atoms with Gasteiger partial charge in [-0.25, -0.2) is 9.97 Å². The number of hydrogen-bond acceptors (Lipinski definition) is 9. The quantitative estimate of drug-likeness (QED) is 0.327. The second kappa shape index (κ2) is 13.0. The van der Waals surface area contributed by atoms with Crippen molar-refractivity contribution in [3.05, 3.63) is 60.9 Å². The van der Waals surface area contributed by atoms with Gasteiger partial charge in [0.1, 0.15) is 23.8 Å². The minimum absolute atomic E-state index is 0.318. The standard InChI is InChI=1S/C23H24N6O2.C5H10O2/c1-2-17(15-20(3-1)31-13-10-29-8-11-30-12-9-29)23-24-7-6-22(27-23)26-19-4-5-21-18(14-19)16-25-28-21;1-5(2,3)7-4-6/h1-7,14-16H,8-13H2,(H,25,28)(H,24,26,27);4H,1-3H3. The molecule has 10 heteroatoms. The summed E-state index contributed by atoms with van der Waals surface area (Å²) in [5, 5.41) is 11.4. The molecule has 0 spiro atoms. The predicted molar refractivity (Wildman–Crippen MR) is 147 cm³/mol. The van der Waals surface area contributed by atoms with Crippen molar-refractivity contribution in [2.75, 3.05) is 44.8 Å². The van der Waals surface area contributed by atoms with Crippen LogP contribution in [-0.4, -0.2) is 76.6 Å². The lowest BCUT2D eigenvalue weighted by Gasteiger charge is -2.26. The van der Waals surface area contributed by atoms with Crippen LogP contribution in [0.3, 0.4) is 0 Å². The van der Waals surface area contributed by atoms with Crippen LogP contribution in [0, 0.1) is 0 Å². The summed E-state index contributed by atoms with van der Waals surface area (Å²) in [5.41, 5.74) is 2.54. The zero-order valence-corrected chi connectivity index (χ0v) is 22.0. The Morgan fingerprint density at radius 1 is 1.13 bits per heavy atom. The smallest absolute Gasteiger partial charge is 0.293 e. The van der Waals surface area contributed by atoms with Crippen molar-refractivity contribution < 1.29 is 19.0 Å². The van der Waals surface area contributed by atoms with Gasteiger partial charge in [0, 0.05) is 42.5 Å². The van der Waals surface area contributed by atoms with Crippen molar-refractivity contribution in [2.45, 2.75) is 26.4 Å². The molecule has 0 bridgehead atoms. The van der Waals surface area contributed by atoms with E-state index in [1.807, 2.05) is 69.3 Å². The third-order valence-corrected chi connectivity index (χ3v) is 5.64. The van der Waals surface area contributed by atoms with Crippen LogP contribution in [0.2, 0.25) is 0 Å². The van der Waals surface area contributed by atoms with E-state index in [1.165, 1.54) is 0 Å². The van der Waals surface area contributed by atoms with Gasteiger partial charge in [-0.1, -0.05) is 12.1 Å². The zero-order valence-electron chi connectivity index (χ0n) is 22.0. The Labute approximate surface area is 222 Å². The molecule has 4 aromatic rings. The molecule has 1 aliphatic heterocycles.